The van der Waals surface area contributed by atoms with Crippen LogP contribution in [-0.4, -0.2) is 11.5 Å². The summed E-state index contributed by atoms with van der Waals surface area (Å²) in [5.74, 6) is 0. The van der Waals surface area contributed by atoms with E-state index in [-0.39, 0.29) is 0 Å². The average molecular weight is 151 g/mol. The summed E-state index contributed by atoms with van der Waals surface area (Å²) >= 11 is 0. The van der Waals surface area contributed by atoms with Crippen LogP contribution in [0, 0.1) is 0 Å². The zero-order valence-corrected chi connectivity index (χ0v) is 6.48. The predicted octanol–water partition coefficient (Wildman–Crippen LogP) is 0.119. The highest BCUT2D eigenvalue weighted by Crippen LogP contribution is 2.13. The summed E-state index contributed by atoms with van der Waals surface area (Å²) in [6, 6.07) is 2.15. The number of hydrogen-bond donors (Lipinski definition) is 3. The van der Waals surface area contributed by atoms with Crippen molar-refractivity contribution < 1.29 is 0 Å². The first-order valence-electron chi connectivity index (χ1n) is 4.00. The zero-order valence-electron chi connectivity index (χ0n) is 6.48. The maximum atomic E-state index is 5.51. The van der Waals surface area contributed by atoms with Crippen LogP contribution in [0.15, 0.2) is 6.07 Å². The van der Waals surface area contributed by atoms with Crippen LogP contribution in [0.4, 0.5) is 0 Å². The van der Waals surface area contributed by atoms with Gasteiger partial charge in [-0.2, -0.15) is 0 Å². The van der Waals surface area contributed by atoms with E-state index in [1.807, 2.05) is 0 Å². The molecule has 0 amide bonds. The molecule has 1 aromatic rings. The number of fused-ring (bicyclic) bond motifs is 1. The van der Waals surface area contributed by atoms with Crippen LogP contribution in [-0.2, 0) is 19.5 Å². The molecule has 0 bridgehead atoms. The van der Waals surface area contributed by atoms with E-state index < -0.39 is 0 Å². The Bertz CT molecular complexity index is 228. The second-order valence-electron chi connectivity index (χ2n) is 2.93. The molecule has 0 spiro atoms. The normalized spacial score (nSPS) is 16.5. The van der Waals surface area contributed by atoms with E-state index in [0.29, 0.717) is 6.54 Å². The summed E-state index contributed by atoms with van der Waals surface area (Å²) in [4.78, 5) is 3.32. The Hall–Kier alpha value is -0.800. The fraction of sp³-hybridized carbons (Fsp3) is 0.500. The molecule has 1 aliphatic heterocycles. The first kappa shape index (κ1) is 6.88. The van der Waals surface area contributed by atoms with Gasteiger partial charge in [0.1, 0.15) is 0 Å². The Kier molecular flexibility index (Phi) is 1.68. The standard InChI is InChI=1S/C8H13N3/c9-4-7-3-6-5-10-2-1-8(6)11-7/h3,10-11H,1-2,4-5,9H2. The van der Waals surface area contributed by atoms with E-state index >= 15 is 0 Å². The molecule has 0 aliphatic carbocycles. The third kappa shape index (κ3) is 1.17. The lowest BCUT2D eigenvalue weighted by atomic mass is 10.1. The van der Waals surface area contributed by atoms with Gasteiger partial charge in [-0.25, -0.2) is 0 Å². The van der Waals surface area contributed by atoms with Crippen molar-refractivity contribution in [2.45, 2.75) is 19.5 Å². The number of nitrogens with one attached hydrogen (secondary N) is 2. The van der Waals surface area contributed by atoms with Crippen LogP contribution in [0.1, 0.15) is 17.0 Å². The minimum atomic E-state index is 0.618. The van der Waals surface area contributed by atoms with Crippen LogP contribution in [0.2, 0.25) is 0 Å². The molecule has 1 aromatic heterocycles. The van der Waals surface area contributed by atoms with E-state index in [2.05, 4.69) is 16.4 Å². The van der Waals surface area contributed by atoms with Gasteiger partial charge in [0.05, 0.1) is 0 Å². The third-order valence-corrected chi connectivity index (χ3v) is 2.13. The summed E-state index contributed by atoms with van der Waals surface area (Å²) in [5, 5.41) is 3.32. The van der Waals surface area contributed by atoms with Gasteiger partial charge in [-0.15, -0.1) is 0 Å². The van der Waals surface area contributed by atoms with Crippen LogP contribution in [0.3, 0.4) is 0 Å². The maximum Gasteiger partial charge on any atom is 0.0332 e. The largest absolute Gasteiger partial charge is 0.361 e. The first-order chi connectivity index (χ1) is 5.40. The topological polar surface area (TPSA) is 53.8 Å². The number of hydrogen-bond acceptors (Lipinski definition) is 2. The van der Waals surface area contributed by atoms with Crippen molar-refractivity contribution in [2.24, 2.45) is 5.73 Å². The summed E-state index contributed by atoms with van der Waals surface area (Å²) in [7, 11) is 0. The number of nitrogens with two attached hydrogens (primary N) is 1. The molecule has 3 nitrogen and oxygen atoms in total. The lowest BCUT2D eigenvalue weighted by Gasteiger charge is -2.11. The predicted molar refractivity (Wildman–Crippen MR) is 44.1 cm³/mol. The molecule has 0 fully saturated rings. The number of aromatic nitrogens is 1. The molecule has 0 aromatic carbocycles. The van der Waals surface area contributed by atoms with Gasteiger partial charge in [0.2, 0.25) is 0 Å². The molecule has 11 heavy (non-hydrogen) atoms. The second kappa shape index (κ2) is 2.68. The van der Waals surface area contributed by atoms with Gasteiger partial charge < -0.3 is 16.0 Å². The minimum Gasteiger partial charge on any atom is -0.361 e. The van der Waals surface area contributed by atoms with Crippen molar-refractivity contribution >= 4 is 0 Å². The highest BCUT2D eigenvalue weighted by Gasteiger charge is 2.10. The van der Waals surface area contributed by atoms with Crippen molar-refractivity contribution in [1.82, 2.24) is 10.3 Å². The quantitative estimate of drug-likeness (QED) is 0.534. The maximum absolute atomic E-state index is 5.51. The van der Waals surface area contributed by atoms with Gasteiger partial charge in [0, 0.05) is 37.4 Å². The lowest BCUT2D eigenvalue weighted by molar-refractivity contribution is 0.637. The average Bonchev–Trinajstić information content (AvgIpc) is 2.46. The summed E-state index contributed by atoms with van der Waals surface area (Å²) in [5.41, 5.74) is 9.41. The molecule has 1 aliphatic rings. The van der Waals surface area contributed by atoms with E-state index in [1.165, 1.54) is 11.3 Å². The molecule has 60 valence electrons. The monoisotopic (exact) mass is 151 g/mol. The number of H-pyrrole nitrogens is 1. The van der Waals surface area contributed by atoms with Crippen molar-refractivity contribution in [1.29, 1.82) is 0 Å². The Morgan fingerprint density at radius 1 is 1.55 bits per heavy atom. The molecule has 0 saturated heterocycles. The fourth-order valence-corrected chi connectivity index (χ4v) is 1.53. The van der Waals surface area contributed by atoms with Crippen molar-refractivity contribution in [3.8, 4) is 0 Å². The van der Waals surface area contributed by atoms with E-state index in [9.17, 15) is 0 Å². The van der Waals surface area contributed by atoms with Gasteiger partial charge in [-0.1, -0.05) is 0 Å². The molecule has 2 rings (SSSR count). The van der Waals surface area contributed by atoms with Crippen molar-refractivity contribution in [2.75, 3.05) is 6.54 Å². The van der Waals surface area contributed by atoms with E-state index in [0.717, 1.165) is 25.2 Å². The number of rotatable bonds is 1. The fourth-order valence-electron chi connectivity index (χ4n) is 1.53. The Balaban J connectivity index is 2.32. The van der Waals surface area contributed by atoms with Crippen LogP contribution < -0.4 is 11.1 Å². The summed E-state index contributed by atoms with van der Waals surface area (Å²) < 4.78 is 0. The summed E-state index contributed by atoms with van der Waals surface area (Å²) in [6.07, 6.45) is 1.11. The highest BCUT2D eigenvalue weighted by molar-refractivity contribution is 5.27. The van der Waals surface area contributed by atoms with Gasteiger partial charge in [0.15, 0.2) is 0 Å². The Morgan fingerprint density at radius 2 is 2.45 bits per heavy atom. The molecule has 0 atom stereocenters. The number of aromatic amines is 1. The lowest BCUT2D eigenvalue weighted by Crippen LogP contribution is -2.22. The molecular weight excluding hydrogens is 138 g/mol. The SMILES string of the molecule is NCc1cc2c([nH]1)CCNC2. The molecule has 0 unspecified atom stereocenters. The third-order valence-electron chi connectivity index (χ3n) is 2.13. The van der Waals surface area contributed by atoms with Crippen molar-refractivity contribution in [3.63, 3.8) is 0 Å². The Labute approximate surface area is 66.0 Å². The van der Waals surface area contributed by atoms with Crippen LogP contribution >= 0.6 is 0 Å². The zero-order chi connectivity index (χ0) is 7.68. The van der Waals surface area contributed by atoms with Gasteiger partial charge in [-0.3, -0.25) is 0 Å². The van der Waals surface area contributed by atoms with E-state index in [4.69, 9.17) is 5.73 Å². The van der Waals surface area contributed by atoms with Gasteiger partial charge >= 0.3 is 0 Å². The molecule has 0 radical (unpaired) electrons. The summed E-state index contributed by atoms with van der Waals surface area (Å²) in [6.45, 7) is 2.69. The van der Waals surface area contributed by atoms with E-state index in [1.54, 1.807) is 0 Å². The van der Waals surface area contributed by atoms with Gasteiger partial charge in [0.25, 0.3) is 0 Å². The van der Waals surface area contributed by atoms with Crippen LogP contribution in [0.5, 0.6) is 0 Å². The molecule has 3 heteroatoms. The molecule has 0 saturated carbocycles. The first-order valence-corrected chi connectivity index (χ1v) is 4.00. The van der Waals surface area contributed by atoms with Crippen LogP contribution in [0.25, 0.3) is 0 Å². The minimum absolute atomic E-state index is 0.618. The second-order valence-corrected chi connectivity index (χ2v) is 2.93. The van der Waals surface area contributed by atoms with Crippen molar-refractivity contribution in [3.05, 3.63) is 23.0 Å². The molecule has 2 heterocycles. The smallest absolute Gasteiger partial charge is 0.0332 e. The molecular formula is C8H13N3. The highest BCUT2D eigenvalue weighted by atomic mass is 14.9. The molecule has 4 N–H and O–H groups in total. The van der Waals surface area contributed by atoms with Gasteiger partial charge in [-0.05, 0) is 11.6 Å². The Morgan fingerprint density at radius 3 is 3.18 bits per heavy atom.